The zero-order chi connectivity index (χ0) is 15.3. The van der Waals surface area contributed by atoms with Crippen LogP contribution in [0.5, 0.6) is 0 Å². The summed E-state index contributed by atoms with van der Waals surface area (Å²) in [7, 11) is 0. The van der Waals surface area contributed by atoms with E-state index in [0.29, 0.717) is 5.69 Å². The number of amides is 2. The van der Waals surface area contributed by atoms with Gasteiger partial charge in [0.2, 0.25) is 11.8 Å². The number of anilines is 1. The maximum atomic E-state index is 11.9. The van der Waals surface area contributed by atoms with Gasteiger partial charge in [0, 0.05) is 18.0 Å². The van der Waals surface area contributed by atoms with Crippen LogP contribution in [0.25, 0.3) is 0 Å². The van der Waals surface area contributed by atoms with Gasteiger partial charge in [0.15, 0.2) is 0 Å². The summed E-state index contributed by atoms with van der Waals surface area (Å²) in [6, 6.07) is 7.29. The number of rotatable bonds is 7. The first kappa shape index (κ1) is 15.8. The third kappa shape index (κ3) is 4.73. The van der Waals surface area contributed by atoms with Gasteiger partial charge in [0.1, 0.15) is 6.61 Å². The quantitative estimate of drug-likeness (QED) is 0.641. The van der Waals surface area contributed by atoms with Crippen LogP contribution < -0.4 is 16.4 Å². The highest BCUT2D eigenvalue weighted by atomic mass is 32.2. The second-order valence-electron chi connectivity index (χ2n) is 5.14. The first-order chi connectivity index (χ1) is 9.98. The van der Waals surface area contributed by atoms with Gasteiger partial charge < -0.3 is 21.1 Å². The second kappa shape index (κ2) is 6.93. The molecule has 6 nitrogen and oxygen atoms in total. The highest BCUT2D eigenvalue weighted by Crippen LogP contribution is 2.26. The third-order valence-corrected chi connectivity index (χ3v) is 4.18. The largest absolute Gasteiger partial charge is 0.369 e. The van der Waals surface area contributed by atoms with Crippen molar-refractivity contribution in [2.45, 2.75) is 17.4 Å². The van der Waals surface area contributed by atoms with Crippen molar-refractivity contribution in [2.24, 2.45) is 5.73 Å². The molecule has 1 saturated heterocycles. The van der Waals surface area contributed by atoms with Gasteiger partial charge in [0.25, 0.3) is 0 Å². The zero-order valence-electron chi connectivity index (χ0n) is 11.8. The molecule has 1 fully saturated rings. The molecule has 0 radical (unpaired) electrons. The van der Waals surface area contributed by atoms with E-state index in [1.54, 1.807) is 6.07 Å². The average molecular weight is 309 g/mol. The Morgan fingerprint density at radius 2 is 2.14 bits per heavy atom. The Morgan fingerprint density at radius 1 is 1.43 bits per heavy atom. The van der Waals surface area contributed by atoms with Crippen LogP contribution in [-0.2, 0) is 14.3 Å². The fourth-order valence-electron chi connectivity index (χ4n) is 1.85. The Bertz CT molecular complexity index is 532. The number of benzene rings is 1. The fourth-order valence-corrected chi connectivity index (χ4v) is 2.60. The number of carbonyl (C=O) groups is 2. The van der Waals surface area contributed by atoms with Crippen molar-refractivity contribution in [2.75, 3.05) is 30.8 Å². The van der Waals surface area contributed by atoms with Crippen LogP contribution in [-0.4, -0.2) is 42.9 Å². The molecule has 0 atom stereocenters. The van der Waals surface area contributed by atoms with Crippen molar-refractivity contribution in [1.82, 2.24) is 5.32 Å². The zero-order valence-corrected chi connectivity index (χ0v) is 12.7. The molecule has 0 spiro atoms. The van der Waals surface area contributed by atoms with Gasteiger partial charge >= 0.3 is 0 Å². The van der Waals surface area contributed by atoms with E-state index in [4.69, 9.17) is 10.5 Å². The summed E-state index contributed by atoms with van der Waals surface area (Å²) in [6.45, 7) is 3.48. The highest BCUT2D eigenvalue weighted by molar-refractivity contribution is 8.00. The highest BCUT2D eigenvalue weighted by Gasteiger charge is 2.33. The first-order valence-electron chi connectivity index (χ1n) is 6.63. The molecule has 7 heteroatoms. The second-order valence-corrected chi connectivity index (χ2v) is 6.16. The minimum absolute atomic E-state index is 0.00694. The summed E-state index contributed by atoms with van der Waals surface area (Å²) in [6.07, 6.45) is 0. The lowest BCUT2D eigenvalue weighted by molar-refractivity contribution is -0.130. The third-order valence-electron chi connectivity index (χ3n) is 3.08. The van der Waals surface area contributed by atoms with Crippen LogP contribution in [0.2, 0.25) is 0 Å². The van der Waals surface area contributed by atoms with Crippen LogP contribution >= 0.6 is 11.8 Å². The molecule has 1 aliphatic rings. The van der Waals surface area contributed by atoms with E-state index in [1.807, 2.05) is 25.1 Å². The molecule has 2 amide bonds. The molecular formula is C14H19N3O3S. The minimum atomic E-state index is -0.394. The van der Waals surface area contributed by atoms with Crippen LogP contribution in [0.3, 0.4) is 0 Å². The van der Waals surface area contributed by atoms with E-state index in [9.17, 15) is 9.59 Å². The molecule has 114 valence electrons. The molecule has 0 bridgehead atoms. The Kier molecular flexibility index (Phi) is 5.22. The van der Waals surface area contributed by atoms with Gasteiger partial charge in [-0.15, -0.1) is 11.8 Å². The lowest BCUT2D eigenvalue weighted by Gasteiger charge is -2.38. The normalized spacial score (nSPS) is 16.0. The van der Waals surface area contributed by atoms with Crippen molar-refractivity contribution in [3.63, 3.8) is 0 Å². The van der Waals surface area contributed by atoms with Crippen molar-refractivity contribution >= 4 is 29.3 Å². The molecule has 1 aliphatic heterocycles. The minimum Gasteiger partial charge on any atom is -0.369 e. The van der Waals surface area contributed by atoms with Gasteiger partial charge in [-0.3, -0.25) is 9.59 Å². The molecule has 1 aromatic carbocycles. The SMILES string of the molecule is CC1(OCC(=O)Nc2ccccc2SCC(N)=O)CNC1. The Labute approximate surface area is 127 Å². The van der Waals surface area contributed by atoms with E-state index in [-0.39, 0.29) is 23.9 Å². The maximum absolute atomic E-state index is 11.9. The molecule has 1 heterocycles. The number of thioether (sulfide) groups is 1. The number of ether oxygens (including phenoxy) is 1. The lowest BCUT2D eigenvalue weighted by atomic mass is 10.0. The molecule has 2 rings (SSSR count). The Balaban J connectivity index is 1.89. The van der Waals surface area contributed by atoms with Gasteiger partial charge in [0.05, 0.1) is 17.0 Å². The number of carbonyl (C=O) groups excluding carboxylic acids is 2. The predicted molar refractivity (Wildman–Crippen MR) is 82.2 cm³/mol. The van der Waals surface area contributed by atoms with E-state index in [1.165, 1.54) is 11.8 Å². The van der Waals surface area contributed by atoms with Gasteiger partial charge in [-0.1, -0.05) is 12.1 Å². The monoisotopic (exact) mass is 309 g/mol. The molecule has 0 unspecified atom stereocenters. The van der Waals surface area contributed by atoms with Crippen molar-refractivity contribution < 1.29 is 14.3 Å². The number of primary amides is 1. The van der Waals surface area contributed by atoms with Crippen LogP contribution in [0, 0.1) is 0 Å². The maximum Gasteiger partial charge on any atom is 0.250 e. The van der Waals surface area contributed by atoms with Gasteiger partial charge in [-0.05, 0) is 19.1 Å². The standard InChI is InChI=1S/C14H19N3O3S/c1-14(8-16-9-14)20-6-13(19)17-10-4-2-3-5-11(10)21-7-12(15)18/h2-5,16H,6-9H2,1H3,(H2,15,18)(H,17,19). The summed E-state index contributed by atoms with van der Waals surface area (Å²) in [5.41, 5.74) is 5.54. The van der Waals surface area contributed by atoms with E-state index < -0.39 is 5.91 Å². The van der Waals surface area contributed by atoms with Crippen LogP contribution in [0.15, 0.2) is 29.2 Å². The smallest absolute Gasteiger partial charge is 0.250 e. The van der Waals surface area contributed by atoms with Gasteiger partial charge in [-0.2, -0.15) is 0 Å². The summed E-state index contributed by atoms with van der Waals surface area (Å²) in [4.78, 5) is 23.6. The number of para-hydroxylation sites is 1. The number of nitrogens with one attached hydrogen (secondary N) is 2. The number of hydrogen-bond donors (Lipinski definition) is 3. The molecule has 4 N–H and O–H groups in total. The topological polar surface area (TPSA) is 93.4 Å². The molecule has 0 aliphatic carbocycles. The number of nitrogens with two attached hydrogens (primary N) is 1. The van der Waals surface area contributed by atoms with Crippen molar-refractivity contribution in [3.05, 3.63) is 24.3 Å². The van der Waals surface area contributed by atoms with E-state index in [0.717, 1.165) is 18.0 Å². The van der Waals surface area contributed by atoms with Crippen LogP contribution in [0.4, 0.5) is 5.69 Å². The molecule has 0 saturated carbocycles. The van der Waals surface area contributed by atoms with Crippen molar-refractivity contribution in [3.8, 4) is 0 Å². The lowest BCUT2D eigenvalue weighted by Crippen LogP contribution is -2.59. The summed E-state index contributed by atoms with van der Waals surface area (Å²) < 4.78 is 5.58. The van der Waals surface area contributed by atoms with E-state index >= 15 is 0 Å². The Hall–Kier alpha value is -1.57. The molecular weight excluding hydrogens is 290 g/mol. The van der Waals surface area contributed by atoms with Gasteiger partial charge in [-0.25, -0.2) is 0 Å². The fraction of sp³-hybridized carbons (Fsp3) is 0.429. The van der Waals surface area contributed by atoms with Crippen LogP contribution in [0.1, 0.15) is 6.92 Å². The summed E-state index contributed by atoms with van der Waals surface area (Å²) in [5.74, 6) is -0.433. The van der Waals surface area contributed by atoms with E-state index in [2.05, 4.69) is 10.6 Å². The molecule has 1 aromatic rings. The predicted octanol–water partition coefficient (Wildman–Crippen LogP) is 0.581. The summed E-state index contributed by atoms with van der Waals surface area (Å²) >= 11 is 1.30. The number of hydrogen-bond acceptors (Lipinski definition) is 5. The van der Waals surface area contributed by atoms with Crippen molar-refractivity contribution in [1.29, 1.82) is 0 Å². The molecule has 21 heavy (non-hydrogen) atoms. The summed E-state index contributed by atoms with van der Waals surface area (Å²) in [5, 5.41) is 5.91. The molecule has 0 aromatic heterocycles. The average Bonchev–Trinajstić information content (AvgIpc) is 2.42. The first-order valence-corrected chi connectivity index (χ1v) is 7.62. The Morgan fingerprint density at radius 3 is 2.76 bits per heavy atom.